The Morgan fingerprint density at radius 3 is 2.80 bits per heavy atom. The summed E-state index contributed by atoms with van der Waals surface area (Å²) in [7, 11) is 1.79. The van der Waals surface area contributed by atoms with Gasteiger partial charge in [-0.2, -0.15) is 0 Å². The maximum atomic E-state index is 5.86. The Morgan fingerprint density at radius 1 is 1.40 bits per heavy atom. The Kier molecular flexibility index (Phi) is 4.41. The molecule has 1 aromatic rings. The highest BCUT2D eigenvalue weighted by atomic mass is 16.5. The highest BCUT2D eigenvalue weighted by Gasteiger charge is 2.20. The first kappa shape index (κ1) is 14.1. The molecule has 1 aromatic carbocycles. The molecule has 0 saturated heterocycles. The van der Waals surface area contributed by atoms with Crippen LogP contribution < -0.4 is 4.74 Å². The van der Waals surface area contributed by atoms with Gasteiger partial charge in [-0.1, -0.05) is 31.4 Å². The lowest BCUT2D eigenvalue weighted by atomic mass is 10.0. The number of allylic oxidation sites excluding steroid dienone is 3. The van der Waals surface area contributed by atoms with E-state index in [4.69, 9.17) is 4.74 Å². The average Bonchev–Trinajstić information content (AvgIpc) is 2.66. The van der Waals surface area contributed by atoms with Crippen molar-refractivity contribution >= 4 is 11.4 Å². The van der Waals surface area contributed by atoms with Crippen LogP contribution in [-0.2, 0) is 0 Å². The fraction of sp³-hybridized carbons (Fsp3) is 0.235. The van der Waals surface area contributed by atoms with Gasteiger partial charge in [-0.25, -0.2) is 0 Å². The summed E-state index contributed by atoms with van der Waals surface area (Å²) in [5.41, 5.74) is 3.19. The second kappa shape index (κ2) is 6.24. The van der Waals surface area contributed by atoms with Crippen LogP contribution in [0.1, 0.15) is 18.1 Å². The van der Waals surface area contributed by atoms with Crippen LogP contribution in [0.3, 0.4) is 0 Å². The van der Waals surface area contributed by atoms with Crippen molar-refractivity contribution in [2.24, 2.45) is 4.99 Å². The van der Waals surface area contributed by atoms with Gasteiger partial charge in [0.1, 0.15) is 18.2 Å². The van der Waals surface area contributed by atoms with Crippen molar-refractivity contribution in [3.8, 4) is 5.75 Å². The SMILES string of the molecule is C=C/C(=C\C)c1ccc2c(c1)OCCN(C=C)C2=NC. The number of aliphatic imine (C=N–C) groups is 1. The topological polar surface area (TPSA) is 24.8 Å². The minimum absolute atomic E-state index is 0.612. The normalized spacial score (nSPS) is 17.2. The third-order valence-electron chi connectivity index (χ3n) is 3.38. The maximum absolute atomic E-state index is 5.86. The molecule has 2 rings (SSSR count). The maximum Gasteiger partial charge on any atom is 0.138 e. The lowest BCUT2D eigenvalue weighted by molar-refractivity contribution is 0.301. The van der Waals surface area contributed by atoms with Crippen LogP contribution in [0.5, 0.6) is 5.75 Å². The molecule has 0 atom stereocenters. The Morgan fingerprint density at radius 2 is 2.20 bits per heavy atom. The zero-order chi connectivity index (χ0) is 14.5. The van der Waals surface area contributed by atoms with Crippen LogP contribution >= 0.6 is 0 Å². The number of rotatable bonds is 3. The predicted molar refractivity (Wildman–Crippen MR) is 85.1 cm³/mol. The van der Waals surface area contributed by atoms with E-state index >= 15 is 0 Å². The van der Waals surface area contributed by atoms with Crippen molar-refractivity contribution in [1.29, 1.82) is 0 Å². The van der Waals surface area contributed by atoms with Gasteiger partial charge in [0, 0.05) is 7.05 Å². The van der Waals surface area contributed by atoms with E-state index < -0.39 is 0 Å². The first-order chi connectivity index (χ1) is 9.74. The molecule has 0 aliphatic carbocycles. The highest BCUT2D eigenvalue weighted by molar-refractivity contribution is 6.02. The molecule has 0 bridgehead atoms. The Bertz CT molecular complexity index is 585. The summed E-state index contributed by atoms with van der Waals surface area (Å²) in [5, 5.41) is 0. The lowest BCUT2D eigenvalue weighted by Crippen LogP contribution is -2.27. The molecule has 104 valence electrons. The minimum Gasteiger partial charge on any atom is -0.491 e. The quantitative estimate of drug-likeness (QED) is 0.784. The van der Waals surface area contributed by atoms with E-state index in [1.54, 1.807) is 13.2 Å². The summed E-state index contributed by atoms with van der Waals surface area (Å²) in [4.78, 5) is 6.38. The number of hydrogen-bond acceptors (Lipinski definition) is 2. The highest BCUT2D eigenvalue weighted by Crippen LogP contribution is 2.28. The Balaban J connectivity index is 2.52. The van der Waals surface area contributed by atoms with Gasteiger partial charge >= 0.3 is 0 Å². The number of hydrogen-bond donors (Lipinski definition) is 0. The monoisotopic (exact) mass is 268 g/mol. The summed E-state index contributed by atoms with van der Waals surface area (Å²) in [5.74, 6) is 1.74. The summed E-state index contributed by atoms with van der Waals surface area (Å²) >= 11 is 0. The molecule has 1 aliphatic rings. The zero-order valence-electron chi connectivity index (χ0n) is 12.1. The molecule has 0 fully saturated rings. The number of benzene rings is 1. The molecule has 20 heavy (non-hydrogen) atoms. The molecule has 0 saturated carbocycles. The van der Waals surface area contributed by atoms with Crippen molar-refractivity contribution in [3.63, 3.8) is 0 Å². The van der Waals surface area contributed by atoms with Gasteiger partial charge in [0.25, 0.3) is 0 Å². The number of nitrogens with zero attached hydrogens (tertiary/aromatic N) is 2. The van der Waals surface area contributed by atoms with Gasteiger partial charge in [0.15, 0.2) is 0 Å². The van der Waals surface area contributed by atoms with Crippen LogP contribution in [0, 0.1) is 0 Å². The van der Waals surface area contributed by atoms with Crippen molar-refractivity contribution in [2.75, 3.05) is 20.2 Å². The summed E-state index contributed by atoms with van der Waals surface area (Å²) < 4.78 is 5.86. The molecule has 1 aliphatic heterocycles. The predicted octanol–water partition coefficient (Wildman–Crippen LogP) is 3.49. The number of fused-ring (bicyclic) bond motifs is 1. The molecular weight excluding hydrogens is 248 g/mol. The summed E-state index contributed by atoms with van der Waals surface area (Å²) in [6.45, 7) is 11.0. The van der Waals surface area contributed by atoms with Crippen LogP contribution in [0.2, 0.25) is 0 Å². The van der Waals surface area contributed by atoms with E-state index in [2.05, 4.69) is 24.2 Å². The second-order valence-electron chi connectivity index (χ2n) is 4.43. The average molecular weight is 268 g/mol. The van der Waals surface area contributed by atoms with Crippen LogP contribution in [0.25, 0.3) is 5.57 Å². The third kappa shape index (κ3) is 2.52. The van der Waals surface area contributed by atoms with E-state index in [-0.39, 0.29) is 0 Å². The number of amidine groups is 1. The molecule has 0 unspecified atom stereocenters. The number of ether oxygens (including phenoxy) is 1. The standard InChI is InChI=1S/C17H20N2O/c1-5-13(6-2)14-8-9-15-16(12-14)20-11-10-19(7-3)17(15)18-4/h5-9,12H,1,3,10-11H2,2,4H3/b13-6+,18-17?. The second-order valence-corrected chi connectivity index (χ2v) is 4.43. The molecule has 1 heterocycles. The van der Waals surface area contributed by atoms with Crippen LogP contribution in [0.4, 0.5) is 0 Å². The fourth-order valence-electron chi connectivity index (χ4n) is 2.35. The molecule has 0 radical (unpaired) electrons. The van der Waals surface area contributed by atoms with Crippen molar-refractivity contribution in [3.05, 3.63) is 60.8 Å². The molecule has 0 amide bonds. The van der Waals surface area contributed by atoms with Crippen LogP contribution in [-0.4, -0.2) is 30.9 Å². The third-order valence-corrected chi connectivity index (χ3v) is 3.38. The summed E-state index contributed by atoms with van der Waals surface area (Å²) in [6.07, 6.45) is 5.68. The minimum atomic E-state index is 0.612. The van der Waals surface area contributed by atoms with Gasteiger partial charge in [-0.15, -0.1) is 0 Å². The van der Waals surface area contributed by atoms with Crippen molar-refractivity contribution in [1.82, 2.24) is 4.90 Å². The zero-order valence-corrected chi connectivity index (χ0v) is 12.1. The molecule has 0 aromatic heterocycles. The van der Waals surface area contributed by atoms with Crippen molar-refractivity contribution in [2.45, 2.75) is 6.92 Å². The smallest absolute Gasteiger partial charge is 0.138 e. The Labute approximate surface area is 120 Å². The molecule has 0 spiro atoms. The first-order valence-electron chi connectivity index (χ1n) is 6.67. The van der Waals surface area contributed by atoms with E-state index in [0.717, 1.165) is 34.8 Å². The Hall–Kier alpha value is -2.29. The van der Waals surface area contributed by atoms with E-state index in [1.165, 1.54) is 0 Å². The van der Waals surface area contributed by atoms with E-state index in [9.17, 15) is 0 Å². The van der Waals surface area contributed by atoms with Crippen LogP contribution in [0.15, 0.2) is 54.7 Å². The lowest BCUT2D eigenvalue weighted by Gasteiger charge is -2.18. The van der Waals surface area contributed by atoms with Gasteiger partial charge in [-0.05, 0) is 36.4 Å². The molecule has 0 N–H and O–H groups in total. The van der Waals surface area contributed by atoms with Gasteiger partial charge in [-0.3, -0.25) is 4.99 Å². The first-order valence-corrected chi connectivity index (χ1v) is 6.67. The molecular formula is C17H20N2O. The van der Waals surface area contributed by atoms with Gasteiger partial charge in [0.2, 0.25) is 0 Å². The van der Waals surface area contributed by atoms with Crippen molar-refractivity contribution < 1.29 is 4.74 Å². The fourth-order valence-corrected chi connectivity index (χ4v) is 2.35. The molecule has 3 nitrogen and oxygen atoms in total. The van der Waals surface area contributed by atoms with E-state index in [0.29, 0.717) is 6.61 Å². The van der Waals surface area contributed by atoms with Gasteiger partial charge in [0.05, 0.1) is 12.1 Å². The largest absolute Gasteiger partial charge is 0.491 e. The molecule has 3 heteroatoms. The summed E-state index contributed by atoms with van der Waals surface area (Å²) in [6, 6.07) is 6.16. The van der Waals surface area contributed by atoms with E-state index in [1.807, 2.05) is 36.1 Å². The van der Waals surface area contributed by atoms with Gasteiger partial charge < -0.3 is 9.64 Å².